The molecule has 5 nitrogen and oxygen atoms in total. The molecule has 0 aliphatic carbocycles. The van der Waals surface area contributed by atoms with Gasteiger partial charge in [-0.25, -0.2) is 0 Å². The number of carbonyl (C=O) groups excluding carboxylic acids is 1. The molecule has 0 spiro atoms. The first-order valence-electron chi connectivity index (χ1n) is 10.0. The molecule has 1 saturated heterocycles. The zero-order valence-corrected chi connectivity index (χ0v) is 16.3. The summed E-state index contributed by atoms with van der Waals surface area (Å²) in [4.78, 5) is 17.2. The molecule has 2 aliphatic heterocycles. The van der Waals surface area contributed by atoms with Crippen molar-refractivity contribution in [3.05, 3.63) is 65.2 Å². The number of benzene rings is 2. The van der Waals surface area contributed by atoms with Gasteiger partial charge in [-0.3, -0.25) is 4.79 Å². The van der Waals surface area contributed by atoms with Crippen LogP contribution in [0.5, 0.6) is 0 Å². The van der Waals surface area contributed by atoms with Gasteiger partial charge in [-0.05, 0) is 55.2 Å². The van der Waals surface area contributed by atoms with E-state index in [-0.39, 0.29) is 11.9 Å². The number of amides is 1. The van der Waals surface area contributed by atoms with Crippen molar-refractivity contribution in [2.45, 2.75) is 44.9 Å². The fourth-order valence-corrected chi connectivity index (χ4v) is 4.24. The molecule has 1 N–H and O–H groups in total. The SMILES string of the molecule is C[C@@H](NC1CCN(c2ccc(C#N)cc2)CC1)C(=O)N1Cc2ccccc2C1. The van der Waals surface area contributed by atoms with Crippen molar-refractivity contribution in [3.63, 3.8) is 0 Å². The first-order valence-corrected chi connectivity index (χ1v) is 10.0. The summed E-state index contributed by atoms with van der Waals surface area (Å²) in [5, 5.41) is 12.5. The van der Waals surface area contributed by atoms with Crippen molar-refractivity contribution < 1.29 is 4.79 Å². The average Bonchev–Trinajstić information content (AvgIpc) is 3.18. The number of hydrogen-bond donors (Lipinski definition) is 1. The van der Waals surface area contributed by atoms with E-state index in [2.05, 4.69) is 28.4 Å². The maximum Gasteiger partial charge on any atom is 0.240 e. The normalized spacial score (nSPS) is 17.9. The number of anilines is 1. The summed E-state index contributed by atoms with van der Waals surface area (Å²) < 4.78 is 0. The van der Waals surface area contributed by atoms with Gasteiger partial charge in [0.25, 0.3) is 0 Å². The van der Waals surface area contributed by atoms with Gasteiger partial charge in [-0.2, -0.15) is 5.26 Å². The molecule has 28 heavy (non-hydrogen) atoms. The van der Waals surface area contributed by atoms with Gasteiger partial charge in [0.1, 0.15) is 0 Å². The second-order valence-corrected chi connectivity index (χ2v) is 7.77. The fraction of sp³-hybridized carbons (Fsp3) is 0.391. The number of nitrogens with one attached hydrogen (secondary N) is 1. The largest absolute Gasteiger partial charge is 0.371 e. The zero-order valence-electron chi connectivity index (χ0n) is 16.3. The highest BCUT2D eigenvalue weighted by Crippen LogP contribution is 2.24. The number of rotatable bonds is 4. The van der Waals surface area contributed by atoms with E-state index in [4.69, 9.17) is 5.26 Å². The number of carbonyl (C=O) groups is 1. The van der Waals surface area contributed by atoms with Crippen molar-refractivity contribution in [2.24, 2.45) is 0 Å². The summed E-state index contributed by atoms with van der Waals surface area (Å²) in [6, 6.07) is 18.4. The van der Waals surface area contributed by atoms with Gasteiger partial charge < -0.3 is 15.1 Å². The molecular formula is C23H26N4O. The Morgan fingerprint density at radius 2 is 1.68 bits per heavy atom. The molecule has 2 aromatic rings. The van der Waals surface area contributed by atoms with Gasteiger partial charge >= 0.3 is 0 Å². The topological polar surface area (TPSA) is 59.4 Å². The number of hydrogen-bond acceptors (Lipinski definition) is 4. The molecule has 0 radical (unpaired) electrons. The lowest BCUT2D eigenvalue weighted by atomic mass is 10.0. The minimum absolute atomic E-state index is 0.166. The van der Waals surface area contributed by atoms with Crippen LogP contribution >= 0.6 is 0 Å². The molecule has 0 unspecified atom stereocenters. The molecule has 2 aromatic carbocycles. The summed E-state index contributed by atoms with van der Waals surface area (Å²) in [6.45, 7) is 5.34. The molecule has 2 aliphatic rings. The number of nitrogens with zero attached hydrogens (tertiary/aromatic N) is 3. The van der Waals surface area contributed by atoms with Crippen LogP contribution in [0.25, 0.3) is 0 Å². The zero-order chi connectivity index (χ0) is 19.5. The maximum absolute atomic E-state index is 12.9. The monoisotopic (exact) mass is 374 g/mol. The second kappa shape index (κ2) is 8.04. The molecule has 1 amide bonds. The van der Waals surface area contributed by atoms with Gasteiger partial charge in [0.15, 0.2) is 0 Å². The van der Waals surface area contributed by atoms with Gasteiger partial charge in [0.05, 0.1) is 17.7 Å². The second-order valence-electron chi connectivity index (χ2n) is 7.77. The van der Waals surface area contributed by atoms with Crippen LogP contribution in [0, 0.1) is 11.3 Å². The van der Waals surface area contributed by atoms with E-state index >= 15 is 0 Å². The molecule has 0 saturated carbocycles. The third kappa shape index (κ3) is 3.88. The predicted octanol–water partition coefficient (Wildman–Crippen LogP) is 3.05. The lowest BCUT2D eigenvalue weighted by molar-refractivity contribution is -0.133. The summed E-state index contributed by atoms with van der Waals surface area (Å²) >= 11 is 0. The highest BCUT2D eigenvalue weighted by molar-refractivity contribution is 5.82. The Kier molecular flexibility index (Phi) is 5.31. The minimum Gasteiger partial charge on any atom is -0.371 e. The van der Waals surface area contributed by atoms with Crippen LogP contribution in [0.3, 0.4) is 0 Å². The molecule has 5 heteroatoms. The van der Waals surface area contributed by atoms with Crippen LogP contribution in [0.4, 0.5) is 5.69 Å². The molecule has 0 aromatic heterocycles. The Hall–Kier alpha value is -2.84. The van der Waals surface area contributed by atoms with Gasteiger partial charge in [-0.1, -0.05) is 24.3 Å². The van der Waals surface area contributed by atoms with Crippen LogP contribution in [0.2, 0.25) is 0 Å². The third-order valence-corrected chi connectivity index (χ3v) is 5.87. The summed E-state index contributed by atoms with van der Waals surface area (Å²) in [6.07, 6.45) is 2.02. The van der Waals surface area contributed by atoms with Crippen molar-refractivity contribution >= 4 is 11.6 Å². The standard InChI is InChI=1S/C23H26N4O/c1-17(23(28)27-15-19-4-2-3-5-20(19)16-27)25-21-10-12-26(13-11-21)22-8-6-18(14-24)7-9-22/h2-9,17,21,25H,10-13,15-16H2,1H3/t17-/m1/s1. The number of nitriles is 1. The predicted molar refractivity (Wildman–Crippen MR) is 110 cm³/mol. The van der Waals surface area contributed by atoms with Crippen LogP contribution in [0.15, 0.2) is 48.5 Å². The van der Waals surface area contributed by atoms with Crippen molar-refractivity contribution in [1.82, 2.24) is 10.2 Å². The first-order chi connectivity index (χ1) is 13.6. The Balaban J connectivity index is 1.27. The summed E-state index contributed by atoms with van der Waals surface area (Å²) in [5.74, 6) is 0.186. The highest BCUT2D eigenvalue weighted by atomic mass is 16.2. The van der Waals surface area contributed by atoms with Gasteiger partial charge in [0.2, 0.25) is 5.91 Å². The maximum atomic E-state index is 12.9. The van der Waals surface area contributed by atoms with E-state index in [1.807, 2.05) is 48.2 Å². The Bertz CT molecular complexity index is 853. The molecule has 0 bridgehead atoms. The van der Waals surface area contributed by atoms with Gasteiger partial charge in [0, 0.05) is 37.9 Å². The van der Waals surface area contributed by atoms with Crippen LogP contribution < -0.4 is 10.2 Å². The van der Waals surface area contributed by atoms with Crippen LogP contribution in [-0.2, 0) is 17.9 Å². The Morgan fingerprint density at radius 1 is 1.07 bits per heavy atom. The quantitative estimate of drug-likeness (QED) is 0.894. The fourth-order valence-electron chi connectivity index (χ4n) is 4.24. The summed E-state index contributed by atoms with van der Waals surface area (Å²) in [5.41, 5.74) is 4.38. The van der Waals surface area contributed by atoms with Crippen LogP contribution in [0.1, 0.15) is 36.5 Å². The van der Waals surface area contributed by atoms with Crippen LogP contribution in [-0.4, -0.2) is 36.0 Å². The average molecular weight is 374 g/mol. The van der Waals surface area contributed by atoms with Crippen molar-refractivity contribution in [1.29, 1.82) is 5.26 Å². The van der Waals surface area contributed by atoms with E-state index in [9.17, 15) is 4.79 Å². The van der Waals surface area contributed by atoms with Crippen molar-refractivity contribution in [2.75, 3.05) is 18.0 Å². The molecular weight excluding hydrogens is 348 g/mol. The first kappa shape index (κ1) is 18.5. The lowest BCUT2D eigenvalue weighted by Gasteiger charge is -2.35. The number of fused-ring (bicyclic) bond motifs is 1. The lowest BCUT2D eigenvalue weighted by Crippen LogP contribution is -2.50. The molecule has 1 atom stereocenters. The Morgan fingerprint density at radius 3 is 2.25 bits per heavy atom. The minimum atomic E-state index is -0.166. The van der Waals surface area contributed by atoms with E-state index < -0.39 is 0 Å². The smallest absolute Gasteiger partial charge is 0.240 e. The molecule has 2 heterocycles. The Labute approximate surface area is 166 Å². The van der Waals surface area contributed by atoms with E-state index in [0.717, 1.165) is 44.7 Å². The third-order valence-electron chi connectivity index (χ3n) is 5.87. The molecule has 1 fully saturated rings. The van der Waals surface area contributed by atoms with E-state index in [1.54, 1.807) is 0 Å². The van der Waals surface area contributed by atoms with Gasteiger partial charge in [-0.15, -0.1) is 0 Å². The van der Waals surface area contributed by atoms with E-state index in [0.29, 0.717) is 11.6 Å². The van der Waals surface area contributed by atoms with E-state index in [1.165, 1.54) is 11.1 Å². The molecule has 144 valence electrons. The highest BCUT2D eigenvalue weighted by Gasteiger charge is 2.29. The number of piperidine rings is 1. The van der Waals surface area contributed by atoms with Crippen molar-refractivity contribution in [3.8, 4) is 6.07 Å². The summed E-state index contributed by atoms with van der Waals surface area (Å²) in [7, 11) is 0. The molecule has 4 rings (SSSR count).